The minimum atomic E-state index is 0.235. The third-order valence-corrected chi connectivity index (χ3v) is 3.00. The summed E-state index contributed by atoms with van der Waals surface area (Å²) in [4.78, 5) is 0. The Morgan fingerprint density at radius 2 is 2.33 bits per heavy atom. The summed E-state index contributed by atoms with van der Waals surface area (Å²) in [6.07, 6.45) is 1.43. The lowest BCUT2D eigenvalue weighted by molar-refractivity contribution is 0.254. The molecule has 2 heterocycles. The van der Waals surface area contributed by atoms with Crippen LogP contribution >= 0.6 is 0 Å². The lowest BCUT2D eigenvalue weighted by atomic mass is 10.1. The maximum absolute atomic E-state index is 8.61. The molecule has 0 fully saturated rings. The second-order valence-electron chi connectivity index (χ2n) is 4.47. The first-order valence-corrected chi connectivity index (χ1v) is 5.89. The van der Waals surface area contributed by atoms with Crippen LogP contribution in [0.3, 0.4) is 0 Å². The highest BCUT2D eigenvalue weighted by Gasteiger charge is 2.20. The second kappa shape index (κ2) is 4.19. The molecule has 0 saturated heterocycles. The summed E-state index contributed by atoms with van der Waals surface area (Å²) < 4.78 is 10.9. The first-order chi connectivity index (χ1) is 8.76. The Bertz CT molecular complexity index is 625. The van der Waals surface area contributed by atoms with Gasteiger partial charge in [-0.1, -0.05) is 5.16 Å². The maximum Gasteiger partial charge on any atom is 0.167 e. The summed E-state index contributed by atoms with van der Waals surface area (Å²) in [5, 5.41) is 12.5. The lowest BCUT2D eigenvalue weighted by Crippen LogP contribution is -2.05. The molecule has 0 aliphatic carbocycles. The molecule has 90 valence electrons. The topological polar surface area (TPSA) is 59.0 Å². The molecule has 4 heteroatoms. The van der Waals surface area contributed by atoms with Gasteiger partial charge < -0.3 is 9.26 Å². The average Bonchev–Trinajstić information content (AvgIpc) is 2.93. The summed E-state index contributed by atoms with van der Waals surface area (Å²) >= 11 is 0. The van der Waals surface area contributed by atoms with E-state index in [0.29, 0.717) is 11.5 Å². The standard InChI is InChI=1S/C14H12N2O2/c1-9-6-11-7-10(2-3-13(11)17-9)14-8-12(4-5-15)16-18-14/h2-3,7-9H,4,6H2,1H3/t9-/m0/s1. The Hall–Kier alpha value is -2.28. The van der Waals surface area contributed by atoms with Crippen LogP contribution in [0.25, 0.3) is 11.3 Å². The molecule has 0 bridgehead atoms. The van der Waals surface area contributed by atoms with E-state index in [9.17, 15) is 0 Å². The van der Waals surface area contributed by atoms with Gasteiger partial charge in [0, 0.05) is 18.1 Å². The summed E-state index contributed by atoms with van der Waals surface area (Å²) in [6, 6.07) is 9.84. The van der Waals surface area contributed by atoms with Crippen LogP contribution < -0.4 is 4.74 Å². The summed E-state index contributed by atoms with van der Waals surface area (Å²) in [7, 11) is 0. The van der Waals surface area contributed by atoms with Gasteiger partial charge in [-0.2, -0.15) is 5.26 Å². The number of hydrogen-bond acceptors (Lipinski definition) is 4. The minimum Gasteiger partial charge on any atom is -0.490 e. The third-order valence-electron chi connectivity index (χ3n) is 3.00. The van der Waals surface area contributed by atoms with Crippen molar-refractivity contribution < 1.29 is 9.26 Å². The zero-order valence-corrected chi connectivity index (χ0v) is 10.0. The normalized spacial score (nSPS) is 17.0. The highest BCUT2D eigenvalue weighted by atomic mass is 16.5. The van der Waals surface area contributed by atoms with Crippen LogP contribution in [0.1, 0.15) is 18.2 Å². The zero-order chi connectivity index (χ0) is 12.5. The van der Waals surface area contributed by atoms with E-state index in [-0.39, 0.29) is 12.5 Å². The van der Waals surface area contributed by atoms with Crippen molar-refractivity contribution >= 4 is 0 Å². The Labute approximate surface area is 105 Å². The molecular weight excluding hydrogens is 228 g/mol. The summed E-state index contributed by atoms with van der Waals surface area (Å²) in [6.45, 7) is 2.05. The van der Waals surface area contributed by atoms with Crippen molar-refractivity contribution in [1.82, 2.24) is 5.16 Å². The molecule has 3 rings (SSSR count). The molecule has 0 amide bonds. The molecule has 4 nitrogen and oxygen atoms in total. The molecule has 0 unspecified atom stereocenters. The molecule has 0 radical (unpaired) electrons. The Balaban J connectivity index is 1.93. The van der Waals surface area contributed by atoms with Crippen molar-refractivity contribution in [2.24, 2.45) is 0 Å². The van der Waals surface area contributed by atoms with Gasteiger partial charge in [0.25, 0.3) is 0 Å². The van der Waals surface area contributed by atoms with Gasteiger partial charge in [0.2, 0.25) is 0 Å². The van der Waals surface area contributed by atoms with E-state index < -0.39 is 0 Å². The van der Waals surface area contributed by atoms with Gasteiger partial charge in [-0.05, 0) is 30.7 Å². The predicted molar refractivity (Wildman–Crippen MR) is 65.1 cm³/mol. The second-order valence-corrected chi connectivity index (χ2v) is 4.47. The van der Waals surface area contributed by atoms with E-state index in [1.54, 1.807) is 0 Å². The smallest absolute Gasteiger partial charge is 0.167 e. The first kappa shape index (κ1) is 10.8. The number of fused-ring (bicyclic) bond motifs is 1. The van der Waals surface area contributed by atoms with Crippen molar-refractivity contribution in [1.29, 1.82) is 5.26 Å². The SMILES string of the molecule is C[C@H]1Cc2cc(-c3cc(CC#N)no3)ccc2O1. The first-order valence-electron chi connectivity index (χ1n) is 5.89. The number of nitriles is 1. The molecular formula is C14H12N2O2. The zero-order valence-electron chi connectivity index (χ0n) is 10.0. The number of ether oxygens (including phenoxy) is 1. The molecule has 18 heavy (non-hydrogen) atoms. The number of nitrogens with zero attached hydrogens (tertiary/aromatic N) is 2. The quantitative estimate of drug-likeness (QED) is 0.809. The van der Waals surface area contributed by atoms with E-state index in [4.69, 9.17) is 14.5 Å². The maximum atomic E-state index is 8.61. The number of aromatic nitrogens is 1. The van der Waals surface area contributed by atoms with Crippen LogP contribution in [0.4, 0.5) is 0 Å². The van der Waals surface area contributed by atoms with Crippen molar-refractivity contribution in [3.63, 3.8) is 0 Å². The number of rotatable bonds is 2. The van der Waals surface area contributed by atoms with Crippen molar-refractivity contribution in [3.8, 4) is 23.1 Å². The molecule has 0 spiro atoms. The Kier molecular flexibility index (Phi) is 2.52. The molecule has 2 aromatic rings. The summed E-state index contributed by atoms with van der Waals surface area (Å²) in [5.74, 6) is 1.64. The molecule has 1 atom stereocenters. The fraction of sp³-hybridized carbons (Fsp3) is 0.286. The van der Waals surface area contributed by atoms with Gasteiger partial charge in [0.05, 0.1) is 18.2 Å². The molecule has 1 aliphatic rings. The largest absolute Gasteiger partial charge is 0.490 e. The van der Waals surface area contributed by atoms with Crippen LogP contribution in [-0.4, -0.2) is 11.3 Å². The fourth-order valence-corrected chi connectivity index (χ4v) is 2.19. The third kappa shape index (κ3) is 1.84. The van der Waals surface area contributed by atoms with Crippen LogP contribution in [0.15, 0.2) is 28.8 Å². The van der Waals surface area contributed by atoms with E-state index in [1.807, 2.05) is 18.2 Å². The van der Waals surface area contributed by atoms with Gasteiger partial charge in [-0.25, -0.2) is 0 Å². The van der Waals surface area contributed by atoms with Crippen molar-refractivity contribution in [3.05, 3.63) is 35.5 Å². The van der Waals surface area contributed by atoms with E-state index >= 15 is 0 Å². The van der Waals surface area contributed by atoms with Gasteiger partial charge in [-0.3, -0.25) is 0 Å². The van der Waals surface area contributed by atoms with Gasteiger partial charge >= 0.3 is 0 Å². The highest BCUT2D eigenvalue weighted by molar-refractivity contribution is 5.61. The summed E-state index contributed by atoms with van der Waals surface area (Å²) in [5.41, 5.74) is 2.83. The van der Waals surface area contributed by atoms with Gasteiger partial charge in [0.15, 0.2) is 5.76 Å². The van der Waals surface area contributed by atoms with Crippen LogP contribution in [0, 0.1) is 11.3 Å². The fourth-order valence-electron chi connectivity index (χ4n) is 2.19. The van der Waals surface area contributed by atoms with Crippen LogP contribution in [0.5, 0.6) is 5.75 Å². The van der Waals surface area contributed by atoms with Crippen molar-refractivity contribution in [2.45, 2.75) is 25.9 Å². The molecule has 1 aromatic heterocycles. The van der Waals surface area contributed by atoms with Gasteiger partial charge in [0.1, 0.15) is 11.9 Å². The van der Waals surface area contributed by atoms with E-state index in [0.717, 1.165) is 17.7 Å². The molecule has 1 aromatic carbocycles. The molecule has 0 saturated carbocycles. The Morgan fingerprint density at radius 1 is 1.44 bits per heavy atom. The lowest BCUT2D eigenvalue weighted by Gasteiger charge is -2.02. The molecule has 0 N–H and O–H groups in total. The molecule has 1 aliphatic heterocycles. The predicted octanol–water partition coefficient (Wildman–Crippen LogP) is 2.73. The average molecular weight is 240 g/mol. The van der Waals surface area contributed by atoms with E-state index in [1.165, 1.54) is 5.56 Å². The van der Waals surface area contributed by atoms with Gasteiger partial charge in [-0.15, -0.1) is 0 Å². The minimum absolute atomic E-state index is 0.235. The number of hydrogen-bond donors (Lipinski definition) is 0. The van der Waals surface area contributed by atoms with Crippen molar-refractivity contribution in [2.75, 3.05) is 0 Å². The van der Waals surface area contributed by atoms with Crippen LogP contribution in [0.2, 0.25) is 0 Å². The van der Waals surface area contributed by atoms with E-state index in [2.05, 4.69) is 24.2 Å². The highest BCUT2D eigenvalue weighted by Crippen LogP contribution is 2.32. The number of benzene rings is 1. The monoisotopic (exact) mass is 240 g/mol. The van der Waals surface area contributed by atoms with Crippen LogP contribution in [-0.2, 0) is 12.8 Å². The Morgan fingerprint density at radius 3 is 3.17 bits per heavy atom.